The molecule has 2 N–H and O–H groups in total. The molecule has 0 bridgehead atoms. The minimum Gasteiger partial charge on any atom is -0.372 e. The Hall–Kier alpha value is -0.130. The molecule has 0 aliphatic carbocycles. The Morgan fingerprint density at radius 2 is 1.26 bits per heavy atom. The van der Waals surface area contributed by atoms with Gasteiger partial charge in [0.1, 0.15) is 0 Å². The van der Waals surface area contributed by atoms with Crippen LogP contribution >= 0.6 is 0 Å². The minimum atomic E-state index is -4.37. The number of aliphatic hydroxyl groups is 1. The lowest BCUT2D eigenvalue weighted by atomic mass is 10.0. The van der Waals surface area contributed by atoms with Gasteiger partial charge in [-0.15, -0.1) is 0 Å². The van der Waals surface area contributed by atoms with Crippen molar-refractivity contribution in [3.8, 4) is 0 Å². The largest absolute Gasteiger partial charge is 0.372 e. The highest BCUT2D eigenvalue weighted by molar-refractivity contribution is 7.87. The summed E-state index contributed by atoms with van der Waals surface area (Å²) in [7, 11) is -4.37. The van der Waals surface area contributed by atoms with E-state index in [1.54, 1.807) is 6.92 Å². The van der Waals surface area contributed by atoms with Crippen LogP contribution in [0, 0.1) is 0 Å². The Balaban J connectivity index is 3.63. The van der Waals surface area contributed by atoms with Crippen molar-refractivity contribution in [1.29, 1.82) is 0 Å². The molecule has 0 aromatic rings. The molecule has 0 aromatic carbocycles. The second kappa shape index (κ2) is 9.72. The lowest BCUT2D eigenvalue weighted by Crippen LogP contribution is -2.37. The van der Waals surface area contributed by atoms with Crippen molar-refractivity contribution in [2.24, 2.45) is 0 Å². The van der Waals surface area contributed by atoms with Gasteiger partial charge in [-0.2, -0.15) is 8.42 Å². The molecule has 0 aliphatic heterocycles. The van der Waals surface area contributed by atoms with Crippen LogP contribution in [0.1, 0.15) is 84.5 Å². The van der Waals surface area contributed by atoms with Crippen LogP contribution in [0.2, 0.25) is 0 Å². The van der Waals surface area contributed by atoms with Gasteiger partial charge in [0.15, 0.2) is 4.93 Å². The minimum absolute atomic E-state index is 0.0306. The second-order valence-corrected chi connectivity index (χ2v) is 7.06. The molecule has 0 fully saturated rings. The third kappa shape index (κ3) is 7.90. The second-order valence-electron chi connectivity index (χ2n) is 5.35. The molecule has 0 aromatic heterocycles. The van der Waals surface area contributed by atoms with Gasteiger partial charge in [0.25, 0.3) is 10.1 Å². The summed E-state index contributed by atoms with van der Waals surface area (Å²) in [4.78, 5) is -1.95. The van der Waals surface area contributed by atoms with E-state index in [9.17, 15) is 13.5 Å². The van der Waals surface area contributed by atoms with E-state index in [-0.39, 0.29) is 12.8 Å². The van der Waals surface area contributed by atoms with E-state index >= 15 is 0 Å². The molecule has 0 radical (unpaired) electrons. The number of rotatable bonds is 12. The lowest BCUT2D eigenvalue weighted by Gasteiger charge is -2.22. The fourth-order valence-electron chi connectivity index (χ4n) is 2.20. The maximum absolute atomic E-state index is 11.1. The van der Waals surface area contributed by atoms with E-state index in [0.29, 0.717) is 6.42 Å². The van der Waals surface area contributed by atoms with Gasteiger partial charge in [0.2, 0.25) is 0 Å². The van der Waals surface area contributed by atoms with Gasteiger partial charge >= 0.3 is 0 Å². The van der Waals surface area contributed by atoms with Gasteiger partial charge in [-0.1, -0.05) is 65.2 Å². The maximum atomic E-state index is 11.1. The smallest absolute Gasteiger partial charge is 0.294 e. The van der Waals surface area contributed by atoms with Gasteiger partial charge in [0.05, 0.1) is 0 Å². The van der Waals surface area contributed by atoms with Crippen LogP contribution in [0.5, 0.6) is 0 Å². The van der Waals surface area contributed by atoms with Crippen molar-refractivity contribution in [3.63, 3.8) is 0 Å². The molecule has 0 heterocycles. The number of unbranched alkanes of at least 4 members (excludes halogenated alkanes) is 8. The number of hydrogen-bond donors (Lipinski definition) is 2. The quantitative estimate of drug-likeness (QED) is 0.423. The summed E-state index contributed by atoms with van der Waals surface area (Å²) in [6.07, 6.45) is 10.3. The van der Waals surface area contributed by atoms with E-state index in [1.807, 2.05) is 0 Å². The highest BCUT2D eigenvalue weighted by atomic mass is 32.2. The SMILES string of the molecule is CCCCCCCCCCCC(O)(CC)S(=O)(=O)O. The zero-order valence-electron chi connectivity index (χ0n) is 12.4. The summed E-state index contributed by atoms with van der Waals surface area (Å²) in [6.45, 7) is 3.77. The summed E-state index contributed by atoms with van der Waals surface area (Å²) >= 11 is 0. The molecule has 0 amide bonds. The molecule has 0 spiro atoms. The lowest BCUT2D eigenvalue weighted by molar-refractivity contribution is 0.0965. The average molecular weight is 294 g/mol. The summed E-state index contributed by atoms with van der Waals surface area (Å²) in [6, 6.07) is 0. The zero-order valence-corrected chi connectivity index (χ0v) is 13.2. The fraction of sp³-hybridized carbons (Fsp3) is 1.00. The molecule has 4 nitrogen and oxygen atoms in total. The van der Waals surface area contributed by atoms with Crippen LogP contribution in [0.25, 0.3) is 0 Å². The van der Waals surface area contributed by atoms with E-state index < -0.39 is 15.1 Å². The van der Waals surface area contributed by atoms with E-state index in [2.05, 4.69) is 6.92 Å². The summed E-state index contributed by atoms with van der Waals surface area (Å²) in [5, 5.41) is 9.82. The fourth-order valence-corrected chi connectivity index (χ4v) is 2.97. The Morgan fingerprint density at radius 3 is 1.63 bits per heavy atom. The third-order valence-electron chi connectivity index (χ3n) is 3.70. The van der Waals surface area contributed by atoms with Crippen molar-refractivity contribution in [2.75, 3.05) is 0 Å². The molecular weight excluding hydrogens is 264 g/mol. The first kappa shape index (κ1) is 18.9. The van der Waals surface area contributed by atoms with Gasteiger partial charge in [0, 0.05) is 0 Å². The Bertz CT molecular complexity index is 313. The zero-order chi connectivity index (χ0) is 14.8. The van der Waals surface area contributed by atoms with Crippen molar-refractivity contribution in [1.82, 2.24) is 0 Å². The summed E-state index contributed by atoms with van der Waals surface area (Å²) in [5.41, 5.74) is 0. The standard InChI is InChI=1S/C14H30O4S/c1-3-5-6-7-8-9-10-11-12-13-14(15,4-2)19(16,17)18/h15H,3-13H2,1-2H3,(H,16,17,18). The summed E-state index contributed by atoms with van der Waals surface area (Å²) in [5.74, 6) is 0. The van der Waals surface area contributed by atoms with Crippen LogP contribution in [0.15, 0.2) is 0 Å². The van der Waals surface area contributed by atoms with Gasteiger partial charge in [-0.25, -0.2) is 0 Å². The van der Waals surface area contributed by atoms with Crippen molar-refractivity contribution in [2.45, 2.75) is 89.4 Å². The van der Waals surface area contributed by atoms with Crippen LogP contribution in [-0.2, 0) is 10.1 Å². The monoisotopic (exact) mass is 294 g/mol. The Kier molecular flexibility index (Phi) is 9.66. The molecule has 0 rings (SSSR count). The summed E-state index contributed by atoms with van der Waals surface area (Å²) < 4.78 is 31.1. The highest BCUT2D eigenvalue weighted by Gasteiger charge is 2.37. The third-order valence-corrected chi connectivity index (χ3v) is 5.16. The van der Waals surface area contributed by atoms with Crippen LogP contribution in [0.3, 0.4) is 0 Å². The van der Waals surface area contributed by atoms with E-state index in [0.717, 1.165) is 12.8 Å². The normalized spacial score (nSPS) is 15.4. The molecule has 5 heteroatoms. The molecule has 0 saturated heterocycles. The van der Waals surface area contributed by atoms with E-state index in [1.165, 1.54) is 38.5 Å². The molecule has 1 atom stereocenters. The maximum Gasteiger partial charge on any atom is 0.294 e. The predicted molar refractivity (Wildman–Crippen MR) is 78.6 cm³/mol. The van der Waals surface area contributed by atoms with Crippen LogP contribution in [-0.4, -0.2) is 23.0 Å². The molecule has 0 saturated carbocycles. The van der Waals surface area contributed by atoms with E-state index in [4.69, 9.17) is 4.55 Å². The first-order chi connectivity index (χ1) is 8.87. The van der Waals surface area contributed by atoms with Crippen LogP contribution in [0.4, 0.5) is 0 Å². The molecule has 1 unspecified atom stereocenters. The van der Waals surface area contributed by atoms with Gasteiger partial charge < -0.3 is 5.11 Å². The topological polar surface area (TPSA) is 74.6 Å². The van der Waals surface area contributed by atoms with Gasteiger partial charge in [-0.05, 0) is 19.3 Å². The predicted octanol–water partition coefficient (Wildman–Crippen LogP) is 3.89. The van der Waals surface area contributed by atoms with Crippen molar-refractivity contribution in [3.05, 3.63) is 0 Å². The number of hydrogen-bond acceptors (Lipinski definition) is 3. The Morgan fingerprint density at radius 1 is 0.842 bits per heavy atom. The molecule has 0 aliphatic rings. The first-order valence-electron chi connectivity index (χ1n) is 7.56. The first-order valence-corrected chi connectivity index (χ1v) is 9.01. The molecule has 116 valence electrons. The highest BCUT2D eigenvalue weighted by Crippen LogP contribution is 2.25. The van der Waals surface area contributed by atoms with Crippen LogP contribution < -0.4 is 0 Å². The Labute approximate surface area is 118 Å². The average Bonchev–Trinajstić information content (AvgIpc) is 2.35. The van der Waals surface area contributed by atoms with Crippen molar-refractivity contribution < 1.29 is 18.1 Å². The van der Waals surface area contributed by atoms with Crippen molar-refractivity contribution >= 4 is 10.1 Å². The molecular formula is C14H30O4S. The van der Waals surface area contributed by atoms with Gasteiger partial charge in [-0.3, -0.25) is 4.55 Å². The molecule has 19 heavy (non-hydrogen) atoms.